The second-order valence-electron chi connectivity index (χ2n) is 2.84. The van der Waals surface area contributed by atoms with Crippen LogP contribution in [0.1, 0.15) is 33.2 Å². The first kappa shape index (κ1) is 11.9. The predicted octanol–water partition coefficient (Wildman–Crippen LogP) is 1.69. The summed E-state index contributed by atoms with van der Waals surface area (Å²) in [7, 11) is 0. The van der Waals surface area contributed by atoms with Gasteiger partial charge in [-0.1, -0.05) is 0 Å². The van der Waals surface area contributed by atoms with Crippen molar-refractivity contribution in [1.82, 2.24) is 0 Å². The molecule has 1 aromatic carbocycles. The minimum atomic E-state index is -1.02. The SMILES string of the molecule is CCOC(=O)c1ccc(C=O)c(C#N)c1F. The second-order valence-corrected chi connectivity index (χ2v) is 2.84. The first-order valence-electron chi connectivity index (χ1n) is 4.50. The van der Waals surface area contributed by atoms with E-state index in [9.17, 15) is 14.0 Å². The molecule has 1 rings (SSSR count). The zero-order chi connectivity index (χ0) is 12.1. The lowest BCUT2D eigenvalue weighted by molar-refractivity contribution is 0.0520. The van der Waals surface area contributed by atoms with Crippen LogP contribution in [0.5, 0.6) is 0 Å². The maximum Gasteiger partial charge on any atom is 0.341 e. The normalized spacial score (nSPS) is 9.31. The average Bonchev–Trinajstić information content (AvgIpc) is 2.28. The fourth-order valence-corrected chi connectivity index (χ4v) is 1.17. The number of nitriles is 1. The van der Waals surface area contributed by atoms with Gasteiger partial charge in [0, 0.05) is 5.56 Å². The van der Waals surface area contributed by atoms with E-state index in [1.807, 2.05) is 0 Å². The number of hydrogen-bond acceptors (Lipinski definition) is 4. The van der Waals surface area contributed by atoms with Crippen molar-refractivity contribution < 1.29 is 18.7 Å². The quantitative estimate of drug-likeness (QED) is 0.575. The minimum Gasteiger partial charge on any atom is -0.462 e. The van der Waals surface area contributed by atoms with E-state index in [0.29, 0.717) is 6.29 Å². The van der Waals surface area contributed by atoms with Crippen molar-refractivity contribution in [2.24, 2.45) is 0 Å². The number of carbonyl (C=O) groups is 2. The van der Waals surface area contributed by atoms with Crippen molar-refractivity contribution in [1.29, 1.82) is 5.26 Å². The number of benzene rings is 1. The molecule has 0 spiro atoms. The number of ether oxygens (including phenoxy) is 1. The molecule has 0 aliphatic rings. The molecule has 5 heteroatoms. The fraction of sp³-hybridized carbons (Fsp3) is 0.182. The molecule has 82 valence electrons. The lowest BCUT2D eigenvalue weighted by atomic mass is 10.0. The van der Waals surface area contributed by atoms with Crippen LogP contribution in [0.3, 0.4) is 0 Å². The standard InChI is InChI=1S/C11H8FNO3/c1-2-16-11(15)8-4-3-7(6-14)9(5-13)10(8)12/h3-4,6H,2H2,1H3. The molecule has 0 aliphatic carbocycles. The maximum atomic E-state index is 13.6. The Balaban J connectivity index is 3.30. The molecule has 0 aliphatic heterocycles. The van der Waals surface area contributed by atoms with Crippen LogP contribution < -0.4 is 0 Å². The summed E-state index contributed by atoms with van der Waals surface area (Å²) in [5.74, 6) is -1.88. The summed E-state index contributed by atoms with van der Waals surface area (Å²) in [6.07, 6.45) is 0.358. The van der Waals surface area contributed by atoms with Gasteiger partial charge in [0.05, 0.1) is 17.7 Å². The zero-order valence-electron chi connectivity index (χ0n) is 8.49. The predicted molar refractivity (Wildman–Crippen MR) is 52.5 cm³/mol. The smallest absolute Gasteiger partial charge is 0.341 e. The van der Waals surface area contributed by atoms with Crippen molar-refractivity contribution in [3.05, 3.63) is 34.6 Å². The summed E-state index contributed by atoms with van der Waals surface area (Å²) >= 11 is 0. The Morgan fingerprint density at radius 2 is 2.31 bits per heavy atom. The molecule has 16 heavy (non-hydrogen) atoms. The molecule has 0 radical (unpaired) electrons. The van der Waals surface area contributed by atoms with Crippen molar-refractivity contribution in [3.8, 4) is 6.07 Å². The Bertz CT molecular complexity index is 477. The van der Waals surface area contributed by atoms with Crippen molar-refractivity contribution in [2.45, 2.75) is 6.92 Å². The van der Waals surface area contributed by atoms with Crippen LogP contribution in [0.25, 0.3) is 0 Å². The van der Waals surface area contributed by atoms with Crippen LogP contribution >= 0.6 is 0 Å². The van der Waals surface area contributed by atoms with Crippen molar-refractivity contribution in [2.75, 3.05) is 6.61 Å². The number of carbonyl (C=O) groups excluding carboxylic acids is 2. The molecular formula is C11H8FNO3. The average molecular weight is 221 g/mol. The second kappa shape index (κ2) is 5.03. The number of hydrogen-bond donors (Lipinski definition) is 0. The highest BCUT2D eigenvalue weighted by molar-refractivity contribution is 5.92. The highest BCUT2D eigenvalue weighted by Crippen LogP contribution is 2.16. The van der Waals surface area contributed by atoms with Crippen molar-refractivity contribution >= 4 is 12.3 Å². The van der Waals surface area contributed by atoms with Gasteiger partial charge in [0.15, 0.2) is 12.1 Å². The van der Waals surface area contributed by atoms with E-state index in [-0.39, 0.29) is 17.7 Å². The van der Waals surface area contributed by atoms with Gasteiger partial charge >= 0.3 is 5.97 Å². The Morgan fingerprint density at radius 1 is 1.62 bits per heavy atom. The molecule has 0 saturated heterocycles. The maximum absolute atomic E-state index is 13.6. The van der Waals surface area contributed by atoms with Crippen LogP contribution in [0, 0.1) is 17.1 Å². The van der Waals surface area contributed by atoms with Gasteiger partial charge in [0.25, 0.3) is 0 Å². The molecule has 0 amide bonds. The first-order chi connectivity index (χ1) is 7.65. The van der Waals surface area contributed by atoms with Gasteiger partial charge in [-0.25, -0.2) is 9.18 Å². The zero-order valence-corrected chi connectivity index (χ0v) is 8.49. The molecular weight excluding hydrogens is 213 g/mol. The van der Waals surface area contributed by atoms with Crippen LogP contribution in [0.4, 0.5) is 4.39 Å². The van der Waals surface area contributed by atoms with E-state index in [1.165, 1.54) is 12.1 Å². The van der Waals surface area contributed by atoms with Gasteiger partial charge in [0.1, 0.15) is 6.07 Å². The minimum absolute atomic E-state index is 0.0898. The highest BCUT2D eigenvalue weighted by Gasteiger charge is 2.18. The Labute approximate surface area is 91.3 Å². The molecule has 1 aromatic rings. The van der Waals surface area contributed by atoms with E-state index in [4.69, 9.17) is 5.26 Å². The highest BCUT2D eigenvalue weighted by atomic mass is 19.1. The number of rotatable bonds is 3. The summed E-state index contributed by atoms with van der Waals surface area (Å²) in [4.78, 5) is 21.8. The summed E-state index contributed by atoms with van der Waals surface area (Å²) in [6.45, 7) is 1.69. The Kier molecular flexibility index (Phi) is 3.72. The van der Waals surface area contributed by atoms with E-state index >= 15 is 0 Å². The third-order valence-corrected chi connectivity index (χ3v) is 1.91. The largest absolute Gasteiger partial charge is 0.462 e. The van der Waals surface area contributed by atoms with Gasteiger partial charge < -0.3 is 4.74 Å². The van der Waals surface area contributed by atoms with E-state index in [1.54, 1.807) is 6.92 Å². The summed E-state index contributed by atoms with van der Waals surface area (Å²) in [6, 6.07) is 3.87. The van der Waals surface area contributed by atoms with E-state index < -0.39 is 17.3 Å². The van der Waals surface area contributed by atoms with Gasteiger partial charge in [-0.2, -0.15) is 5.26 Å². The molecule has 0 heterocycles. The number of halogens is 1. The number of nitrogens with zero attached hydrogens (tertiary/aromatic N) is 1. The van der Waals surface area contributed by atoms with Crippen LogP contribution in [0.15, 0.2) is 12.1 Å². The molecule has 0 bridgehead atoms. The number of aldehydes is 1. The van der Waals surface area contributed by atoms with Crippen LogP contribution in [-0.2, 0) is 4.74 Å². The monoisotopic (exact) mass is 221 g/mol. The van der Waals surface area contributed by atoms with Gasteiger partial charge in [-0.15, -0.1) is 0 Å². The van der Waals surface area contributed by atoms with Gasteiger partial charge in [-0.05, 0) is 19.1 Å². The molecule has 4 nitrogen and oxygen atoms in total. The lowest BCUT2D eigenvalue weighted by Gasteiger charge is -2.05. The molecule has 0 atom stereocenters. The Morgan fingerprint density at radius 3 is 2.81 bits per heavy atom. The molecule has 0 fully saturated rings. The molecule has 0 saturated carbocycles. The van der Waals surface area contributed by atoms with E-state index in [0.717, 1.165) is 6.07 Å². The topological polar surface area (TPSA) is 67.2 Å². The van der Waals surface area contributed by atoms with Crippen molar-refractivity contribution in [3.63, 3.8) is 0 Å². The summed E-state index contributed by atoms with van der Waals surface area (Å²) < 4.78 is 18.2. The van der Waals surface area contributed by atoms with E-state index in [2.05, 4.69) is 4.74 Å². The Hall–Kier alpha value is -2.22. The first-order valence-corrected chi connectivity index (χ1v) is 4.50. The number of esters is 1. The summed E-state index contributed by atoms with van der Waals surface area (Å²) in [5.41, 5.74) is -0.877. The third kappa shape index (κ3) is 2.06. The molecule has 0 N–H and O–H groups in total. The third-order valence-electron chi connectivity index (χ3n) is 1.91. The fourth-order valence-electron chi connectivity index (χ4n) is 1.17. The van der Waals surface area contributed by atoms with Crippen LogP contribution in [0.2, 0.25) is 0 Å². The molecule has 0 unspecified atom stereocenters. The lowest BCUT2D eigenvalue weighted by Crippen LogP contribution is -2.09. The molecule has 0 aromatic heterocycles. The van der Waals surface area contributed by atoms with Crippen LogP contribution in [-0.4, -0.2) is 18.9 Å². The summed E-state index contributed by atoms with van der Waals surface area (Å²) in [5, 5.41) is 8.67. The van der Waals surface area contributed by atoms with Gasteiger partial charge in [-0.3, -0.25) is 4.79 Å². The van der Waals surface area contributed by atoms with Gasteiger partial charge in [0.2, 0.25) is 0 Å².